The lowest BCUT2D eigenvalue weighted by molar-refractivity contribution is 0.00578. The first-order valence-electron chi connectivity index (χ1n) is 7.72. The highest BCUT2D eigenvalue weighted by Gasteiger charge is 2.49. The third kappa shape index (κ3) is 4.57. The molecule has 118 valence electrons. The van der Waals surface area contributed by atoms with Gasteiger partial charge in [-0.1, -0.05) is 54.5 Å². The molecule has 2 rings (SSSR count). The Kier molecular flexibility index (Phi) is 5.62. The Morgan fingerprint density at radius 1 is 0.955 bits per heavy atom. The summed E-state index contributed by atoms with van der Waals surface area (Å²) in [6.07, 6.45) is 6.01. The molecule has 0 radical (unpaired) electrons. The highest BCUT2D eigenvalue weighted by Crippen LogP contribution is 2.36. The zero-order valence-electron chi connectivity index (χ0n) is 13.9. The SMILES string of the molecule is CC1(C)OB(/C=C/COC/C=C/c2ccccc2)OC1(C)C. The van der Waals surface area contributed by atoms with Gasteiger partial charge in [0.2, 0.25) is 0 Å². The molecular formula is C18H25BO3. The monoisotopic (exact) mass is 300 g/mol. The summed E-state index contributed by atoms with van der Waals surface area (Å²) in [7, 11) is -0.298. The zero-order valence-corrected chi connectivity index (χ0v) is 13.9. The summed E-state index contributed by atoms with van der Waals surface area (Å²) in [6, 6.07) is 10.2. The Labute approximate surface area is 134 Å². The summed E-state index contributed by atoms with van der Waals surface area (Å²) >= 11 is 0. The minimum absolute atomic E-state index is 0.290. The summed E-state index contributed by atoms with van der Waals surface area (Å²) in [5.74, 6) is 1.91. The van der Waals surface area contributed by atoms with Crippen LogP contribution in [0.5, 0.6) is 0 Å². The highest BCUT2D eigenvalue weighted by molar-refractivity contribution is 6.51. The lowest BCUT2D eigenvalue weighted by Crippen LogP contribution is -2.41. The van der Waals surface area contributed by atoms with E-state index in [-0.39, 0.29) is 18.3 Å². The molecule has 0 saturated carbocycles. The van der Waals surface area contributed by atoms with Crippen LogP contribution >= 0.6 is 0 Å². The minimum atomic E-state index is -0.298. The summed E-state index contributed by atoms with van der Waals surface area (Å²) in [4.78, 5) is 0. The summed E-state index contributed by atoms with van der Waals surface area (Å²) in [6.45, 7) is 9.32. The van der Waals surface area contributed by atoms with Crippen LogP contribution < -0.4 is 0 Å². The van der Waals surface area contributed by atoms with E-state index in [0.717, 1.165) is 0 Å². The molecule has 0 spiro atoms. The molecule has 1 saturated heterocycles. The van der Waals surface area contributed by atoms with Gasteiger partial charge >= 0.3 is 7.12 Å². The van der Waals surface area contributed by atoms with E-state index in [0.29, 0.717) is 13.2 Å². The Morgan fingerprint density at radius 2 is 1.55 bits per heavy atom. The molecule has 1 fully saturated rings. The van der Waals surface area contributed by atoms with Crippen molar-refractivity contribution < 1.29 is 14.0 Å². The van der Waals surface area contributed by atoms with Gasteiger partial charge in [-0.15, -0.1) is 0 Å². The summed E-state index contributed by atoms with van der Waals surface area (Å²) < 4.78 is 17.3. The fourth-order valence-corrected chi connectivity index (χ4v) is 2.09. The second-order valence-electron chi connectivity index (χ2n) is 6.40. The van der Waals surface area contributed by atoms with Crippen LogP contribution in [0.2, 0.25) is 0 Å². The van der Waals surface area contributed by atoms with Gasteiger partial charge in [-0.3, -0.25) is 0 Å². The van der Waals surface area contributed by atoms with Crippen molar-refractivity contribution in [3.63, 3.8) is 0 Å². The molecule has 1 aromatic carbocycles. The van der Waals surface area contributed by atoms with E-state index in [1.165, 1.54) is 5.56 Å². The van der Waals surface area contributed by atoms with Crippen LogP contribution in [0.4, 0.5) is 0 Å². The van der Waals surface area contributed by atoms with Crippen molar-refractivity contribution in [3.8, 4) is 0 Å². The van der Waals surface area contributed by atoms with Crippen LogP contribution in [0.15, 0.2) is 48.5 Å². The predicted octanol–water partition coefficient (Wildman–Crippen LogP) is 3.90. The van der Waals surface area contributed by atoms with Crippen LogP contribution in [0.3, 0.4) is 0 Å². The van der Waals surface area contributed by atoms with Crippen molar-refractivity contribution in [2.75, 3.05) is 13.2 Å². The fraction of sp³-hybridized carbons (Fsp3) is 0.444. The smallest absolute Gasteiger partial charge is 0.400 e. The molecule has 0 aliphatic carbocycles. The van der Waals surface area contributed by atoms with Crippen molar-refractivity contribution in [1.82, 2.24) is 0 Å². The molecule has 0 amide bonds. The van der Waals surface area contributed by atoms with Gasteiger partial charge in [-0.25, -0.2) is 0 Å². The Morgan fingerprint density at radius 3 is 2.18 bits per heavy atom. The largest absolute Gasteiger partial charge is 0.486 e. The third-order valence-corrected chi connectivity index (χ3v) is 4.10. The molecule has 22 heavy (non-hydrogen) atoms. The van der Waals surface area contributed by atoms with E-state index in [1.54, 1.807) is 0 Å². The van der Waals surface area contributed by atoms with Crippen molar-refractivity contribution in [2.45, 2.75) is 38.9 Å². The van der Waals surface area contributed by atoms with Crippen LogP contribution in [0.1, 0.15) is 33.3 Å². The van der Waals surface area contributed by atoms with Gasteiger partial charge in [0.15, 0.2) is 0 Å². The number of hydrogen-bond donors (Lipinski definition) is 0. The Hall–Kier alpha value is -1.36. The molecule has 0 atom stereocenters. The molecule has 0 aromatic heterocycles. The molecule has 0 N–H and O–H groups in total. The van der Waals surface area contributed by atoms with Gasteiger partial charge in [0.05, 0.1) is 24.4 Å². The van der Waals surface area contributed by atoms with Crippen LogP contribution in [0, 0.1) is 0 Å². The maximum absolute atomic E-state index is 5.87. The van der Waals surface area contributed by atoms with Gasteiger partial charge < -0.3 is 14.0 Å². The van der Waals surface area contributed by atoms with E-state index in [1.807, 2.05) is 64.0 Å². The van der Waals surface area contributed by atoms with E-state index in [4.69, 9.17) is 14.0 Å². The van der Waals surface area contributed by atoms with E-state index < -0.39 is 0 Å². The standard InChI is InChI=1S/C18H25BO3/c1-17(2)18(3,4)22-19(21-17)13-9-15-20-14-8-12-16-10-6-5-7-11-16/h5-13H,14-15H2,1-4H3/b12-8+,13-9+. The quantitative estimate of drug-likeness (QED) is 0.589. The molecule has 1 heterocycles. The van der Waals surface area contributed by atoms with Crippen molar-refractivity contribution in [3.05, 3.63) is 54.0 Å². The summed E-state index contributed by atoms with van der Waals surface area (Å²) in [5.41, 5.74) is 0.599. The normalized spacial score (nSPS) is 20.3. The number of ether oxygens (including phenoxy) is 1. The molecular weight excluding hydrogens is 275 g/mol. The number of hydrogen-bond acceptors (Lipinski definition) is 3. The first-order chi connectivity index (χ1) is 10.4. The zero-order chi connectivity index (χ0) is 16.1. The average molecular weight is 300 g/mol. The maximum atomic E-state index is 5.87. The van der Waals surface area contributed by atoms with Crippen molar-refractivity contribution >= 4 is 13.2 Å². The number of rotatable bonds is 6. The molecule has 1 aliphatic rings. The molecule has 0 bridgehead atoms. The molecule has 0 unspecified atom stereocenters. The van der Waals surface area contributed by atoms with Crippen molar-refractivity contribution in [1.29, 1.82) is 0 Å². The minimum Gasteiger partial charge on any atom is -0.400 e. The van der Waals surface area contributed by atoms with Gasteiger partial charge in [0, 0.05) is 0 Å². The molecule has 1 aromatic rings. The lowest BCUT2D eigenvalue weighted by Gasteiger charge is -2.32. The Balaban J connectivity index is 1.66. The fourth-order valence-electron chi connectivity index (χ4n) is 2.09. The summed E-state index contributed by atoms with van der Waals surface area (Å²) in [5, 5.41) is 0. The third-order valence-electron chi connectivity index (χ3n) is 4.10. The van der Waals surface area contributed by atoms with Gasteiger partial charge in [-0.05, 0) is 33.3 Å². The highest BCUT2D eigenvalue weighted by atomic mass is 16.7. The van der Waals surface area contributed by atoms with Crippen molar-refractivity contribution in [2.24, 2.45) is 0 Å². The van der Waals surface area contributed by atoms with Crippen LogP contribution in [-0.4, -0.2) is 31.5 Å². The van der Waals surface area contributed by atoms with Gasteiger partial charge in [-0.2, -0.15) is 0 Å². The first kappa shape index (κ1) is 17.0. The molecule has 1 aliphatic heterocycles. The van der Waals surface area contributed by atoms with Crippen LogP contribution in [-0.2, 0) is 14.0 Å². The van der Waals surface area contributed by atoms with Gasteiger partial charge in [0.1, 0.15) is 0 Å². The van der Waals surface area contributed by atoms with E-state index in [9.17, 15) is 0 Å². The second-order valence-corrected chi connectivity index (χ2v) is 6.40. The predicted molar refractivity (Wildman–Crippen MR) is 91.5 cm³/mol. The van der Waals surface area contributed by atoms with Crippen LogP contribution in [0.25, 0.3) is 6.08 Å². The van der Waals surface area contributed by atoms with E-state index in [2.05, 4.69) is 18.2 Å². The molecule has 4 heteroatoms. The number of benzene rings is 1. The van der Waals surface area contributed by atoms with E-state index >= 15 is 0 Å². The average Bonchev–Trinajstić information content (AvgIpc) is 2.67. The first-order valence-corrected chi connectivity index (χ1v) is 7.72. The van der Waals surface area contributed by atoms with Gasteiger partial charge in [0.25, 0.3) is 0 Å². The second kappa shape index (κ2) is 7.27. The Bertz CT molecular complexity index is 504. The lowest BCUT2D eigenvalue weighted by atomic mass is 9.90. The topological polar surface area (TPSA) is 27.7 Å². The maximum Gasteiger partial charge on any atom is 0.486 e. The molecule has 3 nitrogen and oxygen atoms in total.